The Morgan fingerprint density at radius 3 is 2.47 bits per heavy atom. The van der Waals surface area contributed by atoms with Crippen LogP contribution in [0.5, 0.6) is 17.2 Å². The number of hydrogen-bond donors (Lipinski definition) is 6. The predicted octanol–water partition coefficient (Wildman–Crippen LogP) is -1.22. The third kappa shape index (κ3) is 2.49. The number of aliphatic hydroxyl groups is 3. The third-order valence-corrected chi connectivity index (χ3v) is 5.86. The first-order valence-electron chi connectivity index (χ1n) is 9.16. The Balaban J connectivity index is 2.01. The smallest absolute Gasteiger partial charge is 0.207 e. The molecule has 2 aromatic carbocycles. The lowest BCUT2D eigenvalue weighted by Gasteiger charge is -2.36. The van der Waals surface area contributed by atoms with Gasteiger partial charge in [0.15, 0.2) is 11.4 Å². The first-order chi connectivity index (χ1) is 14.2. The lowest BCUT2D eigenvalue weighted by atomic mass is 9.72. The monoisotopic (exact) mass is 414 g/mol. The summed E-state index contributed by atoms with van der Waals surface area (Å²) < 4.78 is 5.18. The zero-order chi connectivity index (χ0) is 22.0. The van der Waals surface area contributed by atoms with Gasteiger partial charge < -0.3 is 30.3 Å². The van der Waals surface area contributed by atoms with Crippen LogP contribution in [0, 0.1) is 0 Å². The van der Waals surface area contributed by atoms with Crippen molar-refractivity contribution in [2.45, 2.75) is 24.5 Å². The Kier molecular flexibility index (Phi) is 4.42. The molecule has 9 heteroatoms. The molecule has 2 aromatic rings. The Morgan fingerprint density at radius 2 is 1.83 bits per heavy atom. The molecule has 0 saturated heterocycles. The van der Waals surface area contributed by atoms with Crippen LogP contribution in [0.1, 0.15) is 55.5 Å². The minimum absolute atomic E-state index is 0.00504. The van der Waals surface area contributed by atoms with E-state index < -0.39 is 52.5 Å². The van der Waals surface area contributed by atoms with E-state index in [4.69, 9.17) is 10.1 Å². The summed E-state index contributed by atoms with van der Waals surface area (Å²) >= 11 is 0. The van der Waals surface area contributed by atoms with E-state index in [0.717, 1.165) is 0 Å². The highest BCUT2D eigenvalue weighted by atomic mass is 16.5. The number of nitrogens with two attached hydrogens (primary N) is 1. The summed E-state index contributed by atoms with van der Waals surface area (Å²) in [5.41, 5.74) is -3.30. The SMILES string of the molecule is COc1cccc2c1C(=O)c1c(O)c3c(c(O)c1C2=O)C[C@@](O)(C(=[NH2+])CO)C[C@@H]3O. The van der Waals surface area contributed by atoms with Gasteiger partial charge in [-0.2, -0.15) is 0 Å². The maximum absolute atomic E-state index is 13.2. The van der Waals surface area contributed by atoms with Crippen molar-refractivity contribution in [3.05, 3.63) is 51.6 Å². The number of phenolic OH excluding ortho intramolecular Hbond substituents is 2. The van der Waals surface area contributed by atoms with E-state index in [2.05, 4.69) is 0 Å². The molecule has 0 bridgehead atoms. The van der Waals surface area contributed by atoms with Crippen molar-refractivity contribution in [2.75, 3.05) is 13.7 Å². The van der Waals surface area contributed by atoms with E-state index in [1.807, 2.05) is 0 Å². The highest BCUT2D eigenvalue weighted by Crippen LogP contribution is 2.50. The van der Waals surface area contributed by atoms with Gasteiger partial charge in [0, 0.05) is 29.5 Å². The predicted molar refractivity (Wildman–Crippen MR) is 102 cm³/mol. The van der Waals surface area contributed by atoms with E-state index in [1.54, 1.807) is 0 Å². The molecular weight excluding hydrogens is 394 g/mol. The molecule has 0 aliphatic heterocycles. The summed E-state index contributed by atoms with van der Waals surface area (Å²) in [6, 6.07) is 4.41. The molecule has 30 heavy (non-hydrogen) atoms. The van der Waals surface area contributed by atoms with Gasteiger partial charge in [0.05, 0.1) is 29.9 Å². The van der Waals surface area contributed by atoms with E-state index >= 15 is 0 Å². The Hall–Kier alpha value is -3.27. The highest BCUT2D eigenvalue weighted by Gasteiger charge is 2.48. The van der Waals surface area contributed by atoms with Crippen molar-refractivity contribution in [1.29, 1.82) is 0 Å². The van der Waals surface area contributed by atoms with Gasteiger partial charge in [0.2, 0.25) is 11.5 Å². The Labute approximate surface area is 170 Å². The molecule has 9 nitrogen and oxygen atoms in total. The van der Waals surface area contributed by atoms with Crippen LogP contribution in [-0.4, -0.2) is 62.1 Å². The van der Waals surface area contributed by atoms with Crippen LogP contribution in [-0.2, 0) is 6.42 Å². The van der Waals surface area contributed by atoms with Crippen molar-refractivity contribution in [1.82, 2.24) is 0 Å². The number of phenols is 2. The molecule has 2 aliphatic carbocycles. The molecule has 7 N–H and O–H groups in total. The summed E-state index contributed by atoms with van der Waals surface area (Å²) in [4.78, 5) is 26.3. The van der Waals surface area contributed by atoms with Gasteiger partial charge in [-0.25, -0.2) is 0 Å². The number of benzene rings is 2. The van der Waals surface area contributed by atoms with Crippen LogP contribution in [0.15, 0.2) is 18.2 Å². The summed E-state index contributed by atoms with van der Waals surface area (Å²) in [5, 5.41) is 58.1. The van der Waals surface area contributed by atoms with Crippen molar-refractivity contribution >= 4 is 17.3 Å². The molecule has 2 aliphatic rings. The van der Waals surface area contributed by atoms with Gasteiger partial charge in [-0.1, -0.05) is 12.1 Å². The Bertz CT molecular complexity index is 1140. The van der Waals surface area contributed by atoms with E-state index in [0.29, 0.717) is 0 Å². The normalized spacial score (nSPS) is 22.2. The topological polar surface area (TPSA) is 170 Å². The van der Waals surface area contributed by atoms with Crippen molar-refractivity contribution in [3.8, 4) is 17.2 Å². The molecule has 4 rings (SSSR count). The molecule has 0 unspecified atom stereocenters. The molecule has 156 valence electrons. The van der Waals surface area contributed by atoms with Crippen LogP contribution in [0.2, 0.25) is 0 Å². The fraction of sp³-hybridized carbons (Fsp3) is 0.286. The highest BCUT2D eigenvalue weighted by molar-refractivity contribution is 6.31. The van der Waals surface area contributed by atoms with Gasteiger partial charge in [-0.3, -0.25) is 15.0 Å². The summed E-state index contributed by atoms with van der Waals surface area (Å²) in [6.07, 6.45) is -2.26. The fourth-order valence-electron chi connectivity index (χ4n) is 4.34. The average molecular weight is 414 g/mol. The second-order valence-corrected chi connectivity index (χ2v) is 7.49. The summed E-state index contributed by atoms with van der Waals surface area (Å²) in [6.45, 7) is -0.666. The molecule has 0 saturated carbocycles. The lowest BCUT2D eigenvalue weighted by Crippen LogP contribution is -2.59. The number of ketones is 2. The van der Waals surface area contributed by atoms with Gasteiger partial charge in [0.25, 0.3) is 0 Å². The standard InChI is InChI=1S/C21H19NO8/c1-30-11-4-2-3-8-14(11)20(28)16-15(17(8)25)18(26)9-5-21(29,12(22)7-23)6-10(24)13(9)19(16)27/h2-4,10,22-24,26-27,29H,5-7H2,1H3/p+1/t10-,21-/m0/s1. The second-order valence-electron chi connectivity index (χ2n) is 7.49. The third-order valence-electron chi connectivity index (χ3n) is 5.86. The van der Waals surface area contributed by atoms with Crippen molar-refractivity contribution in [3.63, 3.8) is 0 Å². The minimum atomic E-state index is -1.87. The largest absolute Gasteiger partial charge is 0.507 e. The van der Waals surface area contributed by atoms with Crippen molar-refractivity contribution in [2.24, 2.45) is 0 Å². The average Bonchev–Trinajstić information content (AvgIpc) is 2.72. The maximum Gasteiger partial charge on any atom is 0.207 e. The van der Waals surface area contributed by atoms with Crippen LogP contribution in [0.4, 0.5) is 0 Å². The number of methoxy groups -OCH3 is 1. The van der Waals surface area contributed by atoms with E-state index in [1.165, 1.54) is 25.3 Å². The molecule has 0 radical (unpaired) electrons. The number of aliphatic hydroxyl groups excluding tert-OH is 2. The Morgan fingerprint density at radius 1 is 1.17 bits per heavy atom. The van der Waals surface area contributed by atoms with Crippen LogP contribution < -0.4 is 10.1 Å². The van der Waals surface area contributed by atoms with E-state index in [9.17, 15) is 35.1 Å². The molecule has 0 spiro atoms. The number of fused-ring (bicyclic) bond motifs is 3. The molecule has 0 aromatic heterocycles. The van der Waals surface area contributed by atoms with Crippen LogP contribution in [0.3, 0.4) is 0 Å². The number of carbonyl (C=O) groups excluding carboxylic acids is 2. The first-order valence-corrected chi connectivity index (χ1v) is 9.16. The molecule has 0 heterocycles. The molecule has 0 amide bonds. The lowest BCUT2D eigenvalue weighted by molar-refractivity contribution is -0.145. The zero-order valence-electron chi connectivity index (χ0n) is 16.0. The van der Waals surface area contributed by atoms with Gasteiger partial charge in [0.1, 0.15) is 23.9 Å². The van der Waals surface area contributed by atoms with Crippen LogP contribution in [0.25, 0.3) is 0 Å². The number of carbonyl (C=O) groups is 2. The van der Waals surface area contributed by atoms with Gasteiger partial charge in [-0.15, -0.1) is 0 Å². The number of aromatic hydroxyl groups is 2. The molecular formula is C21H20NO8+. The van der Waals surface area contributed by atoms with Crippen LogP contribution >= 0.6 is 0 Å². The van der Waals surface area contributed by atoms with Gasteiger partial charge in [-0.05, 0) is 6.07 Å². The number of ether oxygens (including phenoxy) is 1. The fourth-order valence-corrected chi connectivity index (χ4v) is 4.34. The molecule has 2 atom stereocenters. The maximum atomic E-state index is 13.2. The summed E-state index contributed by atoms with van der Waals surface area (Å²) in [5.74, 6) is -2.59. The summed E-state index contributed by atoms with van der Waals surface area (Å²) in [7, 11) is 1.33. The zero-order valence-corrected chi connectivity index (χ0v) is 16.0. The minimum Gasteiger partial charge on any atom is -0.507 e. The first kappa shape index (κ1) is 20.0. The van der Waals surface area contributed by atoms with Crippen molar-refractivity contribution < 1.29 is 45.3 Å². The second kappa shape index (κ2) is 6.63. The molecule has 0 fully saturated rings. The van der Waals surface area contributed by atoms with E-state index in [-0.39, 0.29) is 46.6 Å². The quantitative estimate of drug-likeness (QED) is 0.229. The number of rotatable bonds is 3. The number of hydrogen-bond acceptors (Lipinski definition) is 8. The van der Waals surface area contributed by atoms with Gasteiger partial charge >= 0.3 is 0 Å².